The normalized spacial score (nSPS) is 16.1. The summed E-state index contributed by atoms with van der Waals surface area (Å²) >= 11 is 12.4. The minimum absolute atomic E-state index is 0.0929. The van der Waals surface area contributed by atoms with Crippen LogP contribution in [0, 0.1) is 0 Å². The van der Waals surface area contributed by atoms with Gasteiger partial charge in [-0.1, -0.05) is 41.4 Å². The van der Waals surface area contributed by atoms with E-state index in [9.17, 15) is 4.79 Å². The minimum Gasteiger partial charge on any atom is -0.489 e. The highest BCUT2D eigenvalue weighted by Gasteiger charge is 2.27. The molecule has 0 aliphatic carbocycles. The van der Waals surface area contributed by atoms with Gasteiger partial charge in [0.2, 0.25) is 11.9 Å². The molecular formula is C18H14Cl2N4O2. The highest BCUT2D eigenvalue weighted by atomic mass is 35.5. The van der Waals surface area contributed by atoms with Crippen molar-refractivity contribution < 1.29 is 9.53 Å². The molecule has 1 aromatic heterocycles. The number of ether oxygens (including phenoxy) is 1. The van der Waals surface area contributed by atoms with E-state index in [4.69, 9.17) is 27.9 Å². The lowest BCUT2D eigenvalue weighted by Gasteiger charge is -2.24. The van der Waals surface area contributed by atoms with Crippen molar-refractivity contribution in [2.24, 2.45) is 0 Å². The molecule has 1 amide bonds. The van der Waals surface area contributed by atoms with Crippen LogP contribution < -0.4 is 10.1 Å². The Morgan fingerprint density at radius 2 is 1.96 bits per heavy atom. The molecule has 2 heterocycles. The number of aromatic nitrogens is 3. The van der Waals surface area contributed by atoms with Gasteiger partial charge in [0, 0.05) is 15.6 Å². The number of carbonyl (C=O) groups excluding carboxylic acids is 1. The lowest BCUT2D eigenvalue weighted by atomic mass is 10.0. The molecule has 132 valence electrons. The maximum atomic E-state index is 11.9. The van der Waals surface area contributed by atoms with Crippen LogP contribution in [0.3, 0.4) is 0 Å². The van der Waals surface area contributed by atoms with Gasteiger partial charge in [-0.15, -0.1) is 0 Å². The van der Waals surface area contributed by atoms with Gasteiger partial charge in [0.25, 0.3) is 0 Å². The zero-order valence-corrected chi connectivity index (χ0v) is 15.0. The number of anilines is 1. The predicted octanol–water partition coefficient (Wildman–Crippen LogP) is 4.10. The average Bonchev–Trinajstić information content (AvgIpc) is 3.09. The van der Waals surface area contributed by atoms with Crippen molar-refractivity contribution in [3.8, 4) is 5.75 Å². The molecule has 3 aromatic rings. The van der Waals surface area contributed by atoms with Crippen LogP contribution in [0.5, 0.6) is 5.75 Å². The summed E-state index contributed by atoms with van der Waals surface area (Å²) in [5.41, 5.74) is 1.64. The molecule has 8 heteroatoms. The Morgan fingerprint density at radius 3 is 2.77 bits per heavy atom. The second-order valence-electron chi connectivity index (χ2n) is 5.86. The predicted molar refractivity (Wildman–Crippen MR) is 98.6 cm³/mol. The summed E-state index contributed by atoms with van der Waals surface area (Å²) in [7, 11) is 0. The average molecular weight is 389 g/mol. The molecule has 4 rings (SSSR count). The molecule has 0 spiro atoms. The van der Waals surface area contributed by atoms with Crippen molar-refractivity contribution in [2.75, 3.05) is 5.32 Å². The van der Waals surface area contributed by atoms with Gasteiger partial charge in [-0.2, -0.15) is 10.1 Å². The molecule has 26 heavy (non-hydrogen) atoms. The Bertz CT molecular complexity index is 953. The quantitative estimate of drug-likeness (QED) is 0.730. The largest absolute Gasteiger partial charge is 0.489 e. The van der Waals surface area contributed by atoms with Gasteiger partial charge in [-0.3, -0.25) is 10.1 Å². The minimum atomic E-state index is -0.228. The lowest BCUT2D eigenvalue weighted by molar-refractivity contribution is -0.117. The van der Waals surface area contributed by atoms with E-state index in [0.717, 1.165) is 11.1 Å². The second-order valence-corrected chi connectivity index (χ2v) is 6.67. The number of benzene rings is 2. The highest BCUT2D eigenvalue weighted by molar-refractivity contribution is 6.35. The van der Waals surface area contributed by atoms with Crippen LogP contribution in [0.15, 0.2) is 48.8 Å². The zero-order chi connectivity index (χ0) is 18.1. The fraction of sp³-hybridized carbons (Fsp3) is 0.167. The third kappa shape index (κ3) is 3.25. The summed E-state index contributed by atoms with van der Waals surface area (Å²) in [5, 5.41) is 8.03. The number of nitrogens with one attached hydrogen (secondary N) is 1. The molecule has 0 bridgehead atoms. The monoisotopic (exact) mass is 388 g/mol. The number of fused-ring (bicyclic) bond motifs is 1. The van der Waals surface area contributed by atoms with E-state index in [-0.39, 0.29) is 25.0 Å². The van der Waals surface area contributed by atoms with Gasteiger partial charge in [0.05, 0.1) is 12.5 Å². The van der Waals surface area contributed by atoms with Crippen molar-refractivity contribution in [2.45, 2.75) is 19.1 Å². The van der Waals surface area contributed by atoms with Crippen LogP contribution in [-0.4, -0.2) is 20.7 Å². The molecule has 1 N–H and O–H groups in total. The lowest BCUT2D eigenvalue weighted by Crippen LogP contribution is -2.29. The Hall–Kier alpha value is -2.57. The first kappa shape index (κ1) is 16.9. The molecule has 0 saturated carbocycles. The van der Waals surface area contributed by atoms with E-state index in [1.807, 2.05) is 24.3 Å². The number of carbonyl (C=O) groups is 1. The number of rotatable bonds is 4. The van der Waals surface area contributed by atoms with E-state index >= 15 is 0 Å². The van der Waals surface area contributed by atoms with Crippen molar-refractivity contribution in [3.05, 3.63) is 70.0 Å². The number of nitrogens with zero attached hydrogens (tertiary/aromatic N) is 3. The SMILES string of the molecule is O=C1C[C@@H](c2cccc(OCc3c(Cl)cccc3Cl)c2)n2ncnc2N1. The second kappa shape index (κ2) is 6.97. The molecule has 6 nitrogen and oxygen atoms in total. The highest BCUT2D eigenvalue weighted by Crippen LogP contribution is 2.31. The van der Waals surface area contributed by atoms with Crippen LogP contribution >= 0.6 is 23.2 Å². The van der Waals surface area contributed by atoms with Crippen LogP contribution in [0.1, 0.15) is 23.6 Å². The number of amides is 1. The molecule has 0 fully saturated rings. The molecule has 1 aliphatic heterocycles. The first-order chi connectivity index (χ1) is 12.6. The van der Waals surface area contributed by atoms with Crippen molar-refractivity contribution in [1.29, 1.82) is 0 Å². The van der Waals surface area contributed by atoms with Crippen molar-refractivity contribution in [3.63, 3.8) is 0 Å². The summed E-state index contributed by atoms with van der Waals surface area (Å²) in [6.07, 6.45) is 1.71. The van der Waals surface area contributed by atoms with Crippen molar-refractivity contribution in [1.82, 2.24) is 14.8 Å². The molecule has 1 aliphatic rings. The first-order valence-corrected chi connectivity index (χ1v) is 8.72. The van der Waals surface area contributed by atoms with Gasteiger partial charge >= 0.3 is 0 Å². The van der Waals surface area contributed by atoms with Gasteiger partial charge in [0.15, 0.2) is 0 Å². The third-order valence-corrected chi connectivity index (χ3v) is 4.89. The maximum absolute atomic E-state index is 11.9. The maximum Gasteiger partial charge on any atom is 0.229 e. The first-order valence-electron chi connectivity index (χ1n) is 7.97. The Kier molecular flexibility index (Phi) is 4.53. The zero-order valence-electron chi connectivity index (χ0n) is 13.5. The number of hydrogen-bond acceptors (Lipinski definition) is 4. The van der Waals surface area contributed by atoms with E-state index in [2.05, 4.69) is 15.4 Å². The Balaban J connectivity index is 1.57. The number of halogens is 2. The van der Waals surface area contributed by atoms with E-state index in [0.29, 0.717) is 21.7 Å². The third-order valence-electron chi connectivity index (χ3n) is 4.19. The van der Waals surface area contributed by atoms with Gasteiger partial charge in [-0.05, 0) is 29.8 Å². The molecule has 0 saturated heterocycles. The summed E-state index contributed by atoms with van der Waals surface area (Å²) in [4.78, 5) is 16.0. The topological polar surface area (TPSA) is 69.0 Å². The fourth-order valence-corrected chi connectivity index (χ4v) is 3.41. The Morgan fingerprint density at radius 1 is 1.19 bits per heavy atom. The van der Waals surface area contributed by atoms with Gasteiger partial charge < -0.3 is 4.74 Å². The van der Waals surface area contributed by atoms with Crippen molar-refractivity contribution >= 4 is 35.1 Å². The summed E-state index contributed by atoms with van der Waals surface area (Å²) in [6.45, 7) is 0.252. The fourth-order valence-electron chi connectivity index (χ4n) is 2.90. The standard InChI is InChI=1S/C18H14Cl2N4O2/c19-14-5-2-6-15(20)13(14)9-26-12-4-1-3-11(7-12)16-8-17(25)23-18-21-10-22-24(16)18/h1-7,10,16H,8-9H2,(H,21,22,23,25)/t16-/m0/s1. The molecule has 2 aromatic carbocycles. The van der Waals surface area contributed by atoms with Gasteiger partial charge in [-0.25, -0.2) is 4.68 Å². The van der Waals surface area contributed by atoms with Crippen LogP contribution in [-0.2, 0) is 11.4 Å². The summed E-state index contributed by atoms with van der Waals surface area (Å²) in [5.74, 6) is 1.01. The molecule has 1 atom stereocenters. The van der Waals surface area contributed by atoms with Crippen LogP contribution in [0.25, 0.3) is 0 Å². The molecule has 0 unspecified atom stereocenters. The molecule has 0 radical (unpaired) electrons. The summed E-state index contributed by atoms with van der Waals surface area (Å²) in [6, 6.07) is 12.7. The molecular weight excluding hydrogens is 375 g/mol. The summed E-state index contributed by atoms with van der Waals surface area (Å²) < 4.78 is 7.57. The van der Waals surface area contributed by atoms with E-state index in [1.165, 1.54) is 6.33 Å². The van der Waals surface area contributed by atoms with Gasteiger partial charge in [0.1, 0.15) is 18.7 Å². The smallest absolute Gasteiger partial charge is 0.229 e. The van der Waals surface area contributed by atoms with Crippen LogP contribution in [0.4, 0.5) is 5.95 Å². The van der Waals surface area contributed by atoms with Crippen LogP contribution in [0.2, 0.25) is 10.0 Å². The van der Waals surface area contributed by atoms with E-state index in [1.54, 1.807) is 22.9 Å². The number of hydrogen-bond donors (Lipinski definition) is 1. The van der Waals surface area contributed by atoms with E-state index < -0.39 is 0 Å². The Labute approximate surface area is 159 Å².